The number of carbonyl (C=O) groups excluding carboxylic acids is 1. The number of hydrogen-bond donors (Lipinski definition) is 1. The summed E-state index contributed by atoms with van der Waals surface area (Å²) in [5, 5.41) is 2.13. The Labute approximate surface area is 139 Å². The molecule has 1 N–H and O–H groups in total. The highest BCUT2D eigenvalue weighted by Crippen LogP contribution is 2.27. The number of hydrogen-bond acceptors (Lipinski definition) is 3. The van der Waals surface area contributed by atoms with Gasteiger partial charge in [0, 0.05) is 28.9 Å². The lowest BCUT2D eigenvalue weighted by Gasteiger charge is -2.04. The molecular formula is C20H16N2O2. The number of fused-ring (bicyclic) bond motifs is 3. The van der Waals surface area contributed by atoms with Crippen molar-refractivity contribution >= 4 is 27.6 Å². The van der Waals surface area contributed by atoms with Crippen LogP contribution >= 0.6 is 0 Å². The zero-order valence-electron chi connectivity index (χ0n) is 13.2. The highest BCUT2D eigenvalue weighted by Gasteiger charge is 2.15. The number of carbonyl (C=O) groups is 1. The minimum Gasteiger partial charge on any atom is -0.497 e. The molecule has 4 nitrogen and oxygen atoms in total. The molecule has 0 amide bonds. The van der Waals surface area contributed by atoms with Gasteiger partial charge in [-0.05, 0) is 29.8 Å². The molecule has 0 fully saturated rings. The van der Waals surface area contributed by atoms with Crippen LogP contribution in [-0.2, 0) is 6.42 Å². The Morgan fingerprint density at radius 3 is 2.62 bits per heavy atom. The first kappa shape index (κ1) is 14.5. The summed E-state index contributed by atoms with van der Waals surface area (Å²) in [6.07, 6.45) is 2.01. The Morgan fingerprint density at radius 2 is 1.83 bits per heavy atom. The van der Waals surface area contributed by atoms with E-state index in [9.17, 15) is 4.79 Å². The summed E-state index contributed by atoms with van der Waals surface area (Å²) in [6.45, 7) is 0. The summed E-state index contributed by atoms with van der Waals surface area (Å²) in [6, 6.07) is 17.5. The first-order chi connectivity index (χ1) is 11.8. The van der Waals surface area contributed by atoms with Crippen LogP contribution in [0.15, 0.2) is 60.8 Å². The summed E-state index contributed by atoms with van der Waals surface area (Å²) in [4.78, 5) is 20.4. The fourth-order valence-corrected chi connectivity index (χ4v) is 3.00. The Hall–Kier alpha value is -3.14. The smallest absolute Gasteiger partial charge is 0.187 e. The third-order valence-electron chi connectivity index (χ3n) is 4.22. The van der Waals surface area contributed by atoms with E-state index in [1.165, 1.54) is 0 Å². The normalized spacial score (nSPS) is 11.0. The molecule has 0 aliphatic rings. The van der Waals surface area contributed by atoms with Gasteiger partial charge in [0.25, 0.3) is 0 Å². The Kier molecular flexibility index (Phi) is 3.50. The van der Waals surface area contributed by atoms with E-state index in [1.807, 2.05) is 54.6 Å². The molecule has 24 heavy (non-hydrogen) atoms. The van der Waals surface area contributed by atoms with Crippen molar-refractivity contribution in [1.29, 1.82) is 0 Å². The van der Waals surface area contributed by atoms with Crippen LogP contribution in [0.2, 0.25) is 0 Å². The standard InChI is InChI=1S/C20H16N2O2/c1-24-14-8-6-13(7-9-14)12-18(23)20-19-16(10-11-21-20)15-4-2-3-5-17(15)22-19/h2-11,22H,12H2,1H3. The van der Waals surface area contributed by atoms with Crippen molar-refractivity contribution in [3.63, 3.8) is 0 Å². The molecule has 0 bridgehead atoms. The van der Waals surface area contributed by atoms with Crippen LogP contribution in [0.4, 0.5) is 0 Å². The highest BCUT2D eigenvalue weighted by atomic mass is 16.5. The van der Waals surface area contributed by atoms with E-state index in [0.29, 0.717) is 12.1 Å². The minimum absolute atomic E-state index is 0.00248. The molecule has 0 aliphatic heterocycles. The number of nitrogens with one attached hydrogen (secondary N) is 1. The van der Waals surface area contributed by atoms with Crippen LogP contribution in [0, 0.1) is 0 Å². The van der Waals surface area contributed by atoms with Gasteiger partial charge in [-0.3, -0.25) is 9.78 Å². The third-order valence-corrected chi connectivity index (χ3v) is 4.22. The Morgan fingerprint density at radius 1 is 1.04 bits per heavy atom. The van der Waals surface area contributed by atoms with Crippen LogP contribution in [0.5, 0.6) is 5.75 Å². The summed E-state index contributed by atoms with van der Waals surface area (Å²) in [5.74, 6) is 0.777. The number of Topliss-reactive ketones (excluding diaryl/α,β-unsaturated/α-hetero) is 1. The van der Waals surface area contributed by atoms with E-state index < -0.39 is 0 Å². The van der Waals surface area contributed by atoms with Gasteiger partial charge in [-0.25, -0.2) is 0 Å². The number of ether oxygens (including phenoxy) is 1. The zero-order valence-corrected chi connectivity index (χ0v) is 13.2. The largest absolute Gasteiger partial charge is 0.497 e. The first-order valence-corrected chi connectivity index (χ1v) is 7.78. The van der Waals surface area contributed by atoms with Gasteiger partial charge < -0.3 is 9.72 Å². The zero-order chi connectivity index (χ0) is 16.5. The number of methoxy groups -OCH3 is 1. The summed E-state index contributed by atoms with van der Waals surface area (Å²) >= 11 is 0. The molecule has 0 saturated heterocycles. The molecule has 4 heteroatoms. The lowest BCUT2D eigenvalue weighted by Crippen LogP contribution is -2.06. The molecule has 118 valence electrons. The van der Waals surface area contributed by atoms with E-state index in [2.05, 4.69) is 9.97 Å². The van der Waals surface area contributed by atoms with Gasteiger partial charge >= 0.3 is 0 Å². The van der Waals surface area contributed by atoms with Crippen molar-refractivity contribution in [2.24, 2.45) is 0 Å². The number of para-hydroxylation sites is 1. The molecule has 0 aliphatic carbocycles. The summed E-state index contributed by atoms with van der Waals surface area (Å²) in [7, 11) is 1.63. The maximum Gasteiger partial charge on any atom is 0.187 e. The highest BCUT2D eigenvalue weighted by molar-refractivity contribution is 6.14. The molecule has 2 aromatic heterocycles. The van der Waals surface area contributed by atoms with Crippen molar-refractivity contribution in [3.8, 4) is 5.75 Å². The van der Waals surface area contributed by atoms with Crippen molar-refractivity contribution in [2.75, 3.05) is 7.11 Å². The van der Waals surface area contributed by atoms with Gasteiger partial charge in [0.2, 0.25) is 0 Å². The maximum atomic E-state index is 12.7. The van der Waals surface area contributed by atoms with Gasteiger partial charge in [0.15, 0.2) is 5.78 Å². The molecule has 0 saturated carbocycles. The average Bonchev–Trinajstić information content (AvgIpc) is 3.01. The number of benzene rings is 2. The molecule has 0 radical (unpaired) electrons. The number of aromatic amines is 1. The van der Waals surface area contributed by atoms with Crippen molar-refractivity contribution in [2.45, 2.75) is 6.42 Å². The van der Waals surface area contributed by atoms with Crippen LogP contribution < -0.4 is 4.74 Å². The third kappa shape index (κ3) is 2.42. The van der Waals surface area contributed by atoms with E-state index in [-0.39, 0.29) is 5.78 Å². The van der Waals surface area contributed by atoms with E-state index >= 15 is 0 Å². The Bertz CT molecular complexity index is 1030. The number of ketones is 1. The summed E-state index contributed by atoms with van der Waals surface area (Å²) < 4.78 is 5.15. The quantitative estimate of drug-likeness (QED) is 0.575. The molecule has 0 atom stereocenters. The van der Waals surface area contributed by atoms with Crippen LogP contribution in [-0.4, -0.2) is 22.9 Å². The lowest BCUT2D eigenvalue weighted by atomic mass is 10.0. The van der Waals surface area contributed by atoms with Crippen LogP contribution in [0.1, 0.15) is 16.1 Å². The van der Waals surface area contributed by atoms with Gasteiger partial charge in [0.1, 0.15) is 11.4 Å². The predicted molar refractivity (Wildman–Crippen MR) is 94.6 cm³/mol. The molecule has 4 aromatic rings. The Balaban J connectivity index is 1.73. The van der Waals surface area contributed by atoms with E-state index in [1.54, 1.807) is 13.3 Å². The fourth-order valence-electron chi connectivity index (χ4n) is 3.00. The number of rotatable bonds is 4. The number of aromatic nitrogens is 2. The molecule has 0 spiro atoms. The second kappa shape index (κ2) is 5.81. The van der Waals surface area contributed by atoms with Gasteiger partial charge in [-0.1, -0.05) is 30.3 Å². The van der Waals surface area contributed by atoms with Crippen molar-refractivity contribution < 1.29 is 9.53 Å². The molecule has 2 aromatic carbocycles. The minimum atomic E-state index is -0.00248. The second-order valence-corrected chi connectivity index (χ2v) is 5.70. The first-order valence-electron chi connectivity index (χ1n) is 7.78. The van der Waals surface area contributed by atoms with Crippen LogP contribution in [0.3, 0.4) is 0 Å². The van der Waals surface area contributed by atoms with Gasteiger partial charge in [-0.15, -0.1) is 0 Å². The predicted octanol–water partition coefficient (Wildman–Crippen LogP) is 4.15. The van der Waals surface area contributed by atoms with Crippen molar-refractivity contribution in [3.05, 3.63) is 72.1 Å². The number of pyridine rings is 1. The van der Waals surface area contributed by atoms with Gasteiger partial charge in [-0.2, -0.15) is 0 Å². The molecular weight excluding hydrogens is 300 g/mol. The fraction of sp³-hybridized carbons (Fsp3) is 0.100. The van der Waals surface area contributed by atoms with Crippen molar-refractivity contribution in [1.82, 2.24) is 9.97 Å². The topological polar surface area (TPSA) is 55.0 Å². The van der Waals surface area contributed by atoms with E-state index in [0.717, 1.165) is 33.1 Å². The molecule has 2 heterocycles. The van der Waals surface area contributed by atoms with Crippen LogP contribution in [0.25, 0.3) is 21.8 Å². The monoisotopic (exact) mass is 316 g/mol. The lowest BCUT2D eigenvalue weighted by molar-refractivity contribution is 0.0990. The molecule has 4 rings (SSSR count). The second-order valence-electron chi connectivity index (χ2n) is 5.70. The average molecular weight is 316 g/mol. The number of H-pyrrole nitrogens is 1. The number of nitrogens with zero attached hydrogens (tertiary/aromatic N) is 1. The SMILES string of the molecule is COc1ccc(CC(=O)c2nccc3c2[nH]c2ccccc23)cc1. The van der Waals surface area contributed by atoms with Gasteiger partial charge in [0.05, 0.1) is 12.6 Å². The molecule has 0 unspecified atom stereocenters. The maximum absolute atomic E-state index is 12.7. The van der Waals surface area contributed by atoms with E-state index in [4.69, 9.17) is 4.74 Å². The summed E-state index contributed by atoms with van der Waals surface area (Å²) in [5.41, 5.74) is 3.24.